The van der Waals surface area contributed by atoms with Crippen molar-refractivity contribution in [2.24, 2.45) is 0 Å². The van der Waals surface area contributed by atoms with Crippen LogP contribution in [0.2, 0.25) is 5.02 Å². The minimum absolute atomic E-state index is 0.00451. The van der Waals surface area contributed by atoms with Crippen LogP contribution in [0.15, 0.2) is 42.5 Å². The Balaban J connectivity index is 2.09. The third-order valence-electron chi connectivity index (χ3n) is 2.51. The van der Waals surface area contributed by atoms with Gasteiger partial charge in [0.1, 0.15) is 18.1 Å². The Morgan fingerprint density at radius 2 is 1.84 bits per heavy atom. The fourth-order valence-electron chi connectivity index (χ4n) is 1.52. The topological polar surface area (TPSA) is 66.8 Å². The monoisotopic (exact) mass is 278 g/mol. The Morgan fingerprint density at radius 1 is 1.16 bits per heavy atom. The molecule has 98 valence electrons. The Kier molecular flexibility index (Phi) is 3.92. The van der Waals surface area contributed by atoms with Crippen LogP contribution in [0.25, 0.3) is 0 Å². The van der Waals surface area contributed by atoms with E-state index in [4.69, 9.17) is 26.6 Å². The summed E-state index contributed by atoms with van der Waals surface area (Å²) in [6.45, 7) is 0.279. The lowest BCUT2D eigenvalue weighted by atomic mass is 10.2. The van der Waals surface area contributed by atoms with Crippen molar-refractivity contribution >= 4 is 17.6 Å². The molecular weight excluding hydrogens is 268 g/mol. The summed E-state index contributed by atoms with van der Waals surface area (Å²) in [6, 6.07) is 11.0. The number of carbonyl (C=O) groups is 1. The molecule has 0 saturated heterocycles. The summed E-state index contributed by atoms with van der Waals surface area (Å²) in [5.74, 6) is -0.488. The second-order valence-corrected chi connectivity index (χ2v) is 4.31. The molecule has 19 heavy (non-hydrogen) atoms. The van der Waals surface area contributed by atoms with Crippen LogP contribution in [0, 0.1) is 0 Å². The van der Waals surface area contributed by atoms with Crippen LogP contribution in [0.5, 0.6) is 11.5 Å². The number of hydrogen-bond acceptors (Lipinski definition) is 3. The number of aromatic hydroxyl groups is 1. The Labute approximate surface area is 114 Å². The van der Waals surface area contributed by atoms with Gasteiger partial charge in [-0.2, -0.15) is 0 Å². The molecule has 2 rings (SSSR count). The van der Waals surface area contributed by atoms with Crippen LogP contribution in [0.3, 0.4) is 0 Å². The Hall–Kier alpha value is -2.20. The summed E-state index contributed by atoms with van der Waals surface area (Å²) in [6.07, 6.45) is 0. The summed E-state index contributed by atoms with van der Waals surface area (Å²) >= 11 is 5.76. The number of ether oxygens (including phenoxy) is 1. The molecule has 0 saturated carbocycles. The molecule has 0 spiro atoms. The molecule has 4 nitrogen and oxygen atoms in total. The number of carboxylic acid groups (broad SMARTS) is 1. The molecule has 0 fully saturated rings. The van der Waals surface area contributed by atoms with E-state index in [1.54, 1.807) is 30.3 Å². The highest BCUT2D eigenvalue weighted by molar-refractivity contribution is 6.33. The van der Waals surface area contributed by atoms with Gasteiger partial charge in [-0.05, 0) is 35.9 Å². The molecule has 0 amide bonds. The molecular formula is C14H11ClO4. The lowest BCUT2D eigenvalue weighted by molar-refractivity contribution is 0.0696. The number of hydrogen-bond donors (Lipinski definition) is 2. The summed E-state index contributed by atoms with van der Waals surface area (Å²) < 4.78 is 5.47. The summed E-state index contributed by atoms with van der Waals surface area (Å²) in [5.41, 5.74) is 0.870. The predicted molar refractivity (Wildman–Crippen MR) is 70.9 cm³/mol. The van der Waals surface area contributed by atoms with Crippen molar-refractivity contribution < 1.29 is 19.7 Å². The molecule has 0 unspecified atom stereocenters. The number of benzene rings is 2. The van der Waals surface area contributed by atoms with Crippen molar-refractivity contribution in [1.82, 2.24) is 0 Å². The third kappa shape index (κ3) is 3.39. The van der Waals surface area contributed by atoms with Gasteiger partial charge < -0.3 is 14.9 Å². The van der Waals surface area contributed by atoms with Gasteiger partial charge in [-0.25, -0.2) is 4.79 Å². The average Bonchev–Trinajstić information content (AvgIpc) is 2.39. The van der Waals surface area contributed by atoms with E-state index in [1.165, 1.54) is 12.1 Å². The first kappa shape index (κ1) is 13.2. The quantitative estimate of drug-likeness (QED) is 0.900. The van der Waals surface area contributed by atoms with Crippen molar-refractivity contribution in [3.63, 3.8) is 0 Å². The summed E-state index contributed by atoms with van der Waals surface area (Å²) in [5, 5.41) is 18.3. The first-order valence-corrected chi connectivity index (χ1v) is 5.87. The molecule has 5 heteroatoms. The van der Waals surface area contributed by atoms with Crippen molar-refractivity contribution in [2.75, 3.05) is 0 Å². The van der Waals surface area contributed by atoms with E-state index >= 15 is 0 Å². The number of phenols is 1. The van der Waals surface area contributed by atoms with Gasteiger partial charge in [-0.1, -0.05) is 23.7 Å². The third-order valence-corrected chi connectivity index (χ3v) is 2.84. The smallest absolute Gasteiger partial charge is 0.337 e. The molecule has 2 N–H and O–H groups in total. The highest BCUT2D eigenvalue weighted by Gasteiger charge is 2.09. The fraction of sp³-hybridized carbons (Fsp3) is 0.0714. The second kappa shape index (κ2) is 5.63. The van der Waals surface area contributed by atoms with E-state index in [0.717, 1.165) is 5.56 Å². The first-order chi connectivity index (χ1) is 9.06. The zero-order chi connectivity index (χ0) is 13.8. The van der Waals surface area contributed by atoms with Gasteiger partial charge in [0.15, 0.2) is 0 Å². The van der Waals surface area contributed by atoms with Gasteiger partial charge in [-0.15, -0.1) is 0 Å². The number of rotatable bonds is 4. The normalized spacial score (nSPS) is 10.2. The van der Waals surface area contributed by atoms with E-state index in [2.05, 4.69) is 0 Å². The highest BCUT2D eigenvalue weighted by atomic mass is 35.5. The van der Waals surface area contributed by atoms with Crippen molar-refractivity contribution in [3.8, 4) is 11.5 Å². The van der Waals surface area contributed by atoms with E-state index in [0.29, 0.717) is 5.75 Å². The van der Waals surface area contributed by atoms with Gasteiger partial charge in [0.05, 0.1) is 10.6 Å². The summed E-state index contributed by atoms with van der Waals surface area (Å²) in [4.78, 5) is 10.9. The molecule has 0 radical (unpaired) electrons. The molecule has 0 aliphatic heterocycles. The fourth-order valence-corrected chi connectivity index (χ4v) is 1.72. The molecule has 2 aromatic rings. The average molecular weight is 279 g/mol. The minimum atomic E-state index is -1.10. The molecule has 0 heterocycles. The van der Waals surface area contributed by atoms with E-state index < -0.39 is 5.97 Å². The SMILES string of the molecule is O=C(O)c1cc(OCc2ccc(O)cc2)ccc1Cl. The number of halogens is 1. The maximum Gasteiger partial charge on any atom is 0.337 e. The van der Waals surface area contributed by atoms with Crippen LogP contribution < -0.4 is 4.74 Å². The predicted octanol–water partition coefficient (Wildman–Crippen LogP) is 3.32. The van der Waals surface area contributed by atoms with Gasteiger partial charge in [0.2, 0.25) is 0 Å². The Morgan fingerprint density at radius 3 is 2.47 bits per heavy atom. The minimum Gasteiger partial charge on any atom is -0.508 e. The van der Waals surface area contributed by atoms with Crippen molar-refractivity contribution in [3.05, 3.63) is 58.6 Å². The van der Waals surface area contributed by atoms with Gasteiger partial charge in [-0.3, -0.25) is 0 Å². The van der Waals surface area contributed by atoms with Crippen molar-refractivity contribution in [1.29, 1.82) is 0 Å². The molecule has 0 aromatic heterocycles. The van der Waals surface area contributed by atoms with Crippen LogP contribution in [0.1, 0.15) is 15.9 Å². The molecule has 0 aliphatic carbocycles. The maximum atomic E-state index is 10.9. The van der Waals surface area contributed by atoms with Crippen LogP contribution >= 0.6 is 11.6 Å². The first-order valence-electron chi connectivity index (χ1n) is 5.50. The van der Waals surface area contributed by atoms with E-state index in [-0.39, 0.29) is 22.9 Å². The number of aromatic carboxylic acids is 1. The van der Waals surface area contributed by atoms with Crippen LogP contribution in [-0.2, 0) is 6.61 Å². The van der Waals surface area contributed by atoms with E-state index in [9.17, 15) is 4.79 Å². The van der Waals surface area contributed by atoms with Crippen LogP contribution in [0.4, 0.5) is 0 Å². The van der Waals surface area contributed by atoms with Gasteiger partial charge in [0, 0.05) is 0 Å². The molecule has 0 bridgehead atoms. The molecule has 0 atom stereocenters. The maximum absolute atomic E-state index is 10.9. The van der Waals surface area contributed by atoms with Crippen molar-refractivity contribution in [2.45, 2.75) is 6.61 Å². The molecule has 2 aromatic carbocycles. The number of phenolic OH excluding ortho intramolecular Hbond substituents is 1. The Bertz CT molecular complexity index is 593. The lowest BCUT2D eigenvalue weighted by Crippen LogP contribution is -2.00. The van der Waals surface area contributed by atoms with Crippen LogP contribution in [-0.4, -0.2) is 16.2 Å². The summed E-state index contributed by atoms with van der Waals surface area (Å²) in [7, 11) is 0. The zero-order valence-electron chi connectivity index (χ0n) is 9.84. The largest absolute Gasteiger partial charge is 0.508 e. The highest BCUT2D eigenvalue weighted by Crippen LogP contribution is 2.23. The van der Waals surface area contributed by atoms with Gasteiger partial charge in [0.25, 0.3) is 0 Å². The molecule has 0 aliphatic rings. The van der Waals surface area contributed by atoms with Gasteiger partial charge >= 0.3 is 5.97 Å². The standard InChI is InChI=1S/C14H11ClO4/c15-13-6-5-11(7-12(13)14(17)18)19-8-9-1-3-10(16)4-2-9/h1-7,16H,8H2,(H,17,18). The lowest BCUT2D eigenvalue weighted by Gasteiger charge is -2.08. The second-order valence-electron chi connectivity index (χ2n) is 3.90. The number of carboxylic acids is 1. The van der Waals surface area contributed by atoms with E-state index in [1.807, 2.05) is 0 Å². The zero-order valence-corrected chi connectivity index (χ0v) is 10.6.